The van der Waals surface area contributed by atoms with E-state index in [2.05, 4.69) is 4.98 Å². The van der Waals surface area contributed by atoms with Crippen LogP contribution < -0.4 is 14.2 Å². The summed E-state index contributed by atoms with van der Waals surface area (Å²) in [5.74, 6) is 0.562. The summed E-state index contributed by atoms with van der Waals surface area (Å²) in [6.45, 7) is 1.74. The average molecular weight is 538 g/mol. The third kappa shape index (κ3) is 5.01. The minimum atomic E-state index is -0.810. The van der Waals surface area contributed by atoms with Crippen LogP contribution in [0.5, 0.6) is 23.0 Å². The second-order valence-electron chi connectivity index (χ2n) is 9.49. The van der Waals surface area contributed by atoms with Crippen LogP contribution in [0.4, 0.5) is 0 Å². The Morgan fingerprint density at radius 2 is 1.73 bits per heavy atom. The molecule has 0 spiro atoms. The van der Waals surface area contributed by atoms with Gasteiger partial charge in [-0.1, -0.05) is 30.3 Å². The van der Waals surface area contributed by atoms with Gasteiger partial charge in [0, 0.05) is 31.0 Å². The van der Waals surface area contributed by atoms with Gasteiger partial charge in [0.05, 0.1) is 17.9 Å². The van der Waals surface area contributed by atoms with E-state index in [9.17, 15) is 14.7 Å². The van der Waals surface area contributed by atoms with Gasteiger partial charge in [0.15, 0.2) is 11.5 Å². The van der Waals surface area contributed by atoms with Crippen molar-refractivity contribution < 1.29 is 28.9 Å². The Morgan fingerprint density at radius 3 is 2.52 bits per heavy atom. The maximum Gasteiger partial charge on any atom is 0.295 e. The highest BCUT2D eigenvalue weighted by Gasteiger charge is 2.46. The third-order valence-corrected chi connectivity index (χ3v) is 6.88. The second kappa shape index (κ2) is 11.0. The number of Topliss-reactive ketones (excluding diaryl/α,β-unsaturated/α-hetero) is 1. The summed E-state index contributed by atoms with van der Waals surface area (Å²) in [7, 11) is 0. The minimum absolute atomic E-state index is 0.0150. The number of carbonyl (C=O) groups excluding carboxylic acids is 2. The number of aryl methyl sites for hydroxylation is 1. The fourth-order valence-corrected chi connectivity index (χ4v) is 5.02. The third-order valence-electron chi connectivity index (χ3n) is 6.88. The molecule has 3 aromatic carbocycles. The summed E-state index contributed by atoms with van der Waals surface area (Å²) in [5, 5.41) is 11.5. The first-order valence-electron chi connectivity index (χ1n) is 13.1. The number of hydrogen-bond acceptors (Lipinski definition) is 7. The van der Waals surface area contributed by atoms with E-state index in [1.807, 2.05) is 59.3 Å². The van der Waals surface area contributed by atoms with Crippen LogP contribution in [0.3, 0.4) is 0 Å². The van der Waals surface area contributed by atoms with Gasteiger partial charge in [-0.2, -0.15) is 0 Å². The highest BCUT2D eigenvalue weighted by atomic mass is 16.6. The normalized spacial score (nSPS) is 17.7. The standard InChI is InChI=1S/C31H27N3O6/c35-29(22-10-11-25-26(19-22)39-17-16-38-25)27-28(21-6-4-9-24(18-21)40-23-7-2-1-3-8-23)34(31(37)30(27)36)14-5-13-33-15-12-32-20-33/h1-4,6-12,15,18-20,28,35H,5,13-14,16-17H2. The second-order valence-corrected chi connectivity index (χ2v) is 9.49. The molecule has 1 N–H and O–H groups in total. The molecule has 9 nitrogen and oxygen atoms in total. The molecule has 3 heterocycles. The maximum absolute atomic E-state index is 13.5. The molecule has 1 unspecified atom stereocenters. The number of imidazole rings is 1. The Labute approximate surface area is 230 Å². The molecule has 1 saturated heterocycles. The summed E-state index contributed by atoms with van der Waals surface area (Å²) in [6, 6.07) is 20.7. The van der Waals surface area contributed by atoms with Crippen molar-refractivity contribution in [2.24, 2.45) is 0 Å². The van der Waals surface area contributed by atoms with Crippen molar-refractivity contribution in [2.45, 2.75) is 19.0 Å². The van der Waals surface area contributed by atoms with Gasteiger partial charge in [-0.25, -0.2) is 4.98 Å². The molecule has 2 aliphatic rings. The van der Waals surface area contributed by atoms with Gasteiger partial charge in [0.1, 0.15) is 30.5 Å². The van der Waals surface area contributed by atoms with E-state index in [-0.39, 0.29) is 11.3 Å². The van der Waals surface area contributed by atoms with Crippen LogP contribution in [-0.4, -0.2) is 51.0 Å². The molecule has 40 heavy (non-hydrogen) atoms. The molecule has 0 saturated carbocycles. The maximum atomic E-state index is 13.5. The number of aromatic nitrogens is 2. The van der Waals surface area contributed by atoms with Crippen molar-refractivity contribution in [2.75, 3.05) is 19.8 Å². The van der Waals surface area contributed by atoms with E-state index < -0.39 is 17.7 Å². The van der Waals surface area contributed by atoms with Gasteiger partial charge >= 0.3 is 0 Å². The largest absolute Gasteiger partial charge is 0.507 e. The van der Waals surface area contributed by atoms with Gasteiger partial charge in [0.25, 0.3) is 11.7 Å². The van der Waals surface area contributed by atoms with Crippen molar-refractivity contribution in [3.63, 3.8) is 0 Å². The lowest BCUT2D eigenvalue weighted by Crippen LogP contribution is -2.31. The van der Waals surface area contributed by atoms with Gasteiger partial charge < -0.3 is 28.8 Å². The van der Waals surface area contributed by atoms with Crippen LogP contribution in [-0.2, 0) is 16.1 Å². The number of nitrogens with zero attached hydrogens (tertiary/aromatic N) is 3. The van der Waals surface area contributed by atoms with Crippen LogP contribution in [0.15, 0.2) is 97.1 Å². The average Bonchev–Trinajstić information content (AvgIpc) is 3.59. The van der Waals surface area contributed by atoms with E-state index >= 15 is 0 Å². The lowest BCUT2D eigenvalue weighted by molar-refractivity contribution is -0.139. The molecule has 1 aromatic heterocycles. The summed E-state index contributed by atoms with van der Waals surface area (Å²) < 4.78 is 19.2. The van der Waals surface area contributed by atoms with Crippen LogP contribution in [0.1, 0.15) is 23.6 Å². The van der Waals surface area contributed by atoms with E-state index in [0.717, 1.165) is 0 Å². The number of fused-ring (bicyclic) bond motifs is 1. The van der Waals surface area contributed by atoms with Crippen molar-refractivity contribution >= 4 is 17.4 Å². The highest BCUT2D eigenvalue weighted by molar-refractivity contribution is 6.46. The zero-order chi connectivity index (χ0) is 27.5. The molecule has 0 bridgehead atoms. The number of hydrogen-bond donors (Lipinski definition) is 1. The first kappa shape index (κ1) is 25.2. The topological polar surface area (TPSA) is 103 Å². The van der Waals surface area contributed by atoms with Crippen LogP contribution in [0.2, 0.25) is 0 Å². The molecular weight excluding hydrogens is 510 g/mol. The van der Waals surface area contributed by atoms with Gasteiger partial charge in [-0.15, -0.1) is 0 Å². The van der Waals surface area contributed by atoms with E-state index in [0.29, 0.717) is 66.8 Å². The van der Waals surface area contributed by atoms with E-state index in [1.165, 1.54) is 4.90 Å². The Morgan fingerprint density at radius 1 is 0.925 bits per heavy atom. The summed E-state index contributed by atoms with van der Waals surface area (Å²) in [5.41, 5.74) is 1.03. The predicted octanol–water partition coefficient (Wildman–Crippen LogP) is 4.96. The number of ether oxygens (including phenoxy) is 3. The van der Waals surface area contributed by atoms with Crippen molar-refractivity contribution in [1.82, 2.24) is 14.5 Å². The highest BCUT2D eigenvalue weighted by Crippen LogP contribution is 2.42. The Kier molecular flexibility index (Phi) is 6.93. The predicted molar refractivity (Wildman–Crippen MR) is 146 cm³/mol. The van der Waals surface area contributed by atoms with Gasteiger partial charge in [-0.3, -0.25) is 9.59 Å². The quantitative estimate of drug-likeness (QED) is 0.193. The zero-order valence-corrected chi connectivity index (χ0v) is 21.6. The van der Waals surface area contributed by atoms with Crippen molar-refractivity contribution in [3.8, 4) is 23.0 Å². The molecule has 2 aliphatic heterocycles. The molecule has 4 aromatic rings. The van der Waals surface area contributed by atoms with Gasteiger partial charge in [0.2, 0.25) is 0 Å². The molecule has 1 atom stereocenters. The number of carbonyl (C=O) groups is 2. The fraction of sp³-hybridized carbons (Fsp3) is 0.194. The van der Waals surface area contributed by atoms with Gasteiger partial charge in [-0.05, 0) is 54.4 Å². The number of para-hydroxylation sites is 1. The SMILES string of the molecule is O=C1C(=O)N(CCCn2ccnc2)C(c2cccc(Oc3ccccc3)c2)C1=C(O)c1ccc2c(c1)OCCO2. The number of rotatable bonds is 8. The number of aliphatic hydroxyl groups is 1. The van der Waals surface area contributed by atoms with Crippen molar-refractivity contribution in [3.05, 3.63) is 108 Å². The van der Waals surface area contributed by atoms with Crippen LogP contribution >= 0.6 is 0 Å². The number of ketones is 1. The summed E-state index contributed by atoms with van der Waals surface area (Å²) in [6.07, 6.45) is 5.83. The Balaban J connectivity index is 1.38. The monoisotopic (exact) mass is 537 g/mol. The van der Waals surface area contributed by atoms with E-state index in [1.54, 1.807) is 36.8 Å². The molecule has 9 heteroatoms. The lowest BCUT2D eigenvalue weighted by atomic mass is 9.95. The zero-order valence-electron chi connectivity index (χ0n) is 21.6. The fourth-order valence-electron chi connectivity index (χ4n) is 5.02. The van der Waals surface area contributed by atoms with Crippen molar-refractivity contribution in [1.29, 1.82) is 0 Å². The lowest BCUT2D eigenvalue weighted by Gasteiger charge is -2.26. The first-order valence-corrected chi connectivity index (χ1v) is 13.1. The number of aliphatic hydroxyl groups excluding tert-OH is 1. The molecular formula is C31H27N3O6. The Bertz CT molecular complexity index is 1570. The molecule has 0 aliphatic carbocycles. The Hall–Kier alpha value is -5.05. The number of likely N-dealkylation sites (tertiary alicyclic amines) is 1. The smallest absolute Gasteiger partial charge is 0.295 e. The van der Waals surface area contributed by atoms with E-state index in [4.69, 9.17) is 14.2 Å². The summed E-state index contributed by atoms with van der Waals surface area (Å²) in [4.78, 5) is 32.4. The number of benzene rings is 3. The summed E-state index contributed by atoms with van der Waals surface area (Å²) >= 11 is 0. The number of amides is 1. The minimum Gasteiger partial charge on any atom is -0.507 e. The first-order chi connectivity index (χ1) is 19.6. The van der Waals surface area contributed by atoms with Crippen LogP contribution in [0, 0.1) is 0 Å². The molecule has 202 valence electrons. The molecule has 0 radical (unpaired) electrons. The van der Waals surface area contributed by atoms with Crippen LogP contribution in [0.25, 0.3) is 5.76 Å². The molecule has 6 rings (SSSR count). The molecule has 1 fully saturated rings. The molecule has 1 amide bonds.